The van der Waals surface area contributed by atoms with Crippen molar-refractivity contribution in [2.45, 2.75) is 23.8 Å². The molecule has 18 heavy (non-hydrogen) atoms. The number of sulfonamides is 1. The zero-order valence-corrected chi connectivity index (χ0v) is 12.7. The molecule has 100 valence electrons. The number of halogens is 2. The predicted octanol–water partition coefficient (Wildman–Crippen LogP) is 2.76. The standard InChI is InChI=1S/C11H13BrFNO2S2/c12-8-3-4-11(10(13)6-8)18(15,16)14-9-2-1-5-17-7-9/h3-4,6,9,14H,1-2,5,7H2. The molecule has 3 nitrogen and oxygen atoms in total. The molecule has 0 saturated carbocycles. The Bertz CT molecular complexity index is 530. The highest BCUT2D eigenvalue weighted by Crippen LogP contribution is 2.22. The molecule has 1 unspecified atom stereocenters. The zero-order valence-electron chi connectivity index (χ0n) is 9.53. The van der Waals surface area contributed by atoms with E-state index in [-0.39, 0.29) is 10.9 Å². The molecule has 7 heteroatoms. The highest BCUT2D eigenvalue weighted by atomic mass is 79.9. The fraction of sp³-hybridized carbons (Fsp3) is 0.455. The summed E-state index contributed by atoms with van der Waals surface area (Å²) in [5.41, 5.74) is 0. The van der Waals surface area contributed by atoms with E-state index in [1.165, 1.54) is 12.1 Å². The fourth-order valence-electron chi connectivity index (χ4n) is 1.81. The third-order valence-corrected chi connectivity index (χ3v) is 5.93. The van der Waals surface area contributed by atoms with Crippen LogP contribution in [-0.2, 0) is 10.0 Å². The van der Waals surface area contributed by atoms with Crippen molar-refractivity contribution in [1.82, 2.24) is 4.72 Å². The first-order valence-corrected chi connectivity index (χ1v) is 8.97. The van der Waals surface area contributed by atoms with Crippen molar-refractivity contribution in [2.75, 3.05) is 11.5 Å². The largest absolute Gasteiger partial charge is 0.243 e. The van der Waals surface area contributed by atoms with Gasteiger partial charge < -0.3 is 0 Å². The summed E-state index contributed by atoms with van der Waals surface area (Å²) in [6, 6.07) is 3.85. The van der Waals surface area contributed by atoms with Gasteiger partial charge in [0, 0.05) is 16.3 Å². The van der Waals surface area contributed by atoms with Crippen LogP contribution in [-0.4, -0.2) is 26.0 Å². The Balaban J connectivity index is 2.19. The number of benzene rings is 1. The average Bonchev–Trinajstić information content (AvgIpc) is 2.29. The van der Waals surface area contributed by atoms with Crippen molar-refractivity contribution in [3.05, 3.63) is 28.5 Å². The lowest BCUT2D eigenvalue weighted by Gasteiger charge is -2.22. The molecule has 1 heterocycles. The number of rotatable bonds is 3. The minimum absolute atomic E-state index is 0.100. The molecule has 1 aliphatic rings. The van der Waals surface area contributed by atoms with Crippen LogP contribution in [0.4, 0.5) is 4.39 Å². The average molecular weight is 354 g/mol. The topological polar surface area (TPSA) is 46.2 Å². The van der Waals surface area contributed by atoms with Crippen molar-refractivity contribution < 1.29 is 12.8 Å². The first kappa shape index (κ1) is 14.3. The van der Waals surface area contributed by atoms with Crippen molar-refractivity contribution in [3.63, 3.8) is 0 Å². The Kier molecular flexibility index (Phi) is 4.69. The minimum Gasteiger partial charge on any atom is -0.207 e. The number of thioether (sulfide) groups is 1. The Morgan fingerprint density at radius 3 is 2.83 bits per heavy atom. The summed E-state index contributed by atoms with van der Waals surface area (Å²) in [6.07, 6.45) is 1.80. The highest BCUT2D eigenvalue weighted by Gasteiger charge is 2.24. The van der Waals surface area contributed by atoms with Gasteiger partial charge in [-0.1, -0.05) is 15.9 Å². The van der Waals surface area contributed by atoms with Gasteiger partial charge in [-0.05, 0) is 36.8 Å². The summed E-state index contributed by atoms with van der Waals surface area (Å²) in [7, 11) is -3.77. The van der Waals surface area contributed by atoms with Gasteiger partial charge in [-0.3, -0.25) is 0 Å². The third kappa shape index (κ3) is 3.46. The van der Waals surface area contributed by atoms with Crippen molar-refractivity contribution in [3.8, 4) is 0 Å². The van der Waals surface area contributed by atoms with Crippen LogP contribution in [0.2, 0.25) is 0 Å². The number of hydrogen-bond donors (Lipinski definition) is 1. The van der Waals surface area contributed by atoms with Crippen LogP contribution in [0.5, 0.6) is 0 Å². The van der Waals surface area contributed by atoms with Gasteiger partial charge in [-0.15, -0.1) is 0 Å². The fourth-order valence-corrected chi connectivity index (χ4v) is 4.65. The summed E-state index contributed by atoms with van der Waals surface area (Å²) < 4.78 is 40.8. The molecule has 0 aliphatic carbocycles. The molecule has 1 saturated heterocycles. The van der Waals surface area contributed by atoms with Crippen molar-refractivity contribution in [2.24, 2.45) is 0 Å². The van der Waals surface area contributed by atoms with E-state index in [2.05, 4.69) is 20.7 Å². The van der Waals surface area contributed by atoms with E-state index >= 15 is 0 Å². The second-order valence-electron chi connectivity index (χ2n) is 4.11. The lowest BCUT2D eigenvalue weighted by atomic mass is 10.2. The molecule has 0 bridgehead atoms. The SMILES string of the molecule is O=S(=O)(NC1CCCSC1)c1ccc(Br)cc1F. The quantitative estimate of drug-likeness (QED) is 0.908. The molecule has 1 aliphatic heterocycles. The molecule has 1 aromatic rings. The first-order chi connectivity index (χ1) is 8.49. The molecular weight excluding hydrogens is 341 g/mol. The molecular formula is C11H13BrFNO2S2. The molecule has 1 fully saturated rings. The van der Waals surface area contributed by atoms with E-state index in [1.807, 2.05) is 0 Å². The Morgan fingerprint density at radius 1 is 1.44 bits per heavy atom. The number of nitrogens with one attached hydrogen (secondary N) is 1. The monoisotopic (exact) mass is 353 g/mol. The van der Waals surface area contributed by atoms with Crippen LogP contribution in [0, 0.1) is 5.82 Å². The maximum absolute atomic E-state index is 13.6. The highest BCUT2D eigenvalue weighted by molar-refractivity contribution is 9.10. The molecule has 0 radical (unpaired) electrons. The van der Waals surface area contributed by atoms with Crippen LogP contribution < -0.4 is 4.72 Å². The van der Waals surface area contributed by atoms with Crippen LogP contribution in [0.15, 0.2) is 27.6 Å². The van der Waals surface area contributed by atoms with Gasteiger partial charge >= 0.3 is 0 Å². The van der Waals surface area contributed by atoms with E-state index in [9.17, 15) is 12.8 Å². The van der Waals surface area contributed by atoms with Crippen LogP contribution in [0.25, 0.3) is 0 Å². The lowest BCUT2D eigenvalue weighted by Crippen LogP contribution is -2.38. The van der Waals surface area contributed by atoms with Crippen molar-refractivity contribution in [1.29, 1.82) is 0 Å². The van der Waals surface area contributed by atoms with Crippen LogP contribution in [0.3, 0.4) is 0 Å². The van der Waals surface area contributed by atoms with E-state index in [0.717, 1.165) is 30.4 Å². The van der Waals surface area contributed by atoms with Crippen LogP contribution >= 0.6 is 27.7 Å². The van der Waals surface area contributed by atoms with Crippen LogP contribution in [0.1, 0.15) is 12.8 Å². The van der Waals surface area contributed by atoms with Gasteiger partial charge in [0.15, 0.2) is 0 Å². The Hall–Kier alpha value is -0.110. The van der Waals surface area contributed by atoms with E-state index < -0.39 is 15.8 Å². The molecule has 1 aromatic carbocycles. The molecule has 0 amide bonds. The zero-order chi connectivity index (χ0) is 13.2. The normalized spacial score (nSPS) is 20.9. The van der Waals surface area contributed by atoms with E-state index in [1.54, 1.807) is 11.8 Å². The summed E-state index contributed by atoms with van der Waals surface area (Å²) in [4.78, 5) is -0.290. The Morgan fingerprint density at radius 2 is 2.22 bits per heavy atom. The molecule has 2 rings (SSSR count). The Labute approximate surface area is 119 Å². The number of hydrogen-bond acceptors (Lipinski definition) is 3. The minimum atomic E-state index is -3.77. The maximum atomic E-state index is 13.6. The predicted molar refractivity (Wildman–Crippen MR) is 74.8 cm³/mol. The lowest BCUT2D eigenvalue weighted by molar-refractivity contribution is 0.530. The van der Waals surface area contributed by atoms with Gasteiger partial charge in [0.25, 0.3) is 0 Å². The molecule has 1 N–H and O–H groups in total. The summed E-state index contributed by atoms with van der Waals surface area (Å²) in [5, 5.41) is 0. The molecule has 1 atom stereocenters. The second-order valence-corrected chi connectivity index (χ2v) is 7.86. The summed E-state index contributed by atoms with van der Waals surface area (Å²) in [5.74, 6) is 1.07. The first-order valence-electron chi connectivity index (χ1n) is 5.54. The van der Waals surface area contributed by atoms with Gasteiger partial charge in [0.05, 0.1) is 0 Å². The van der Waals surface area contributed by atoms with E-state index in [4.69, 9.17) is 0 Å². The second kappa shape index (κ2) is 5.90. The maximum Gasteiger partial charge on any atom is 0.243 e. The van der Waals surface area contributed by atoms with E-state index in [0.29, 0.717) is 4.47 Å². The van der Waals surface area contributed by atoms with Gasteiger partial charge in [-0.25, -0.2) is 17.5 Å². The van der Waals surface area contributed by atoms with Gasteiger partial charge in [0.1, 0.15) is 10.7 Å². The van der Waals surface area contributed by atoms with Gasteiger partial charge in [0.2, 0.25) is 10.0 Å². The van der Waals surface area contributed by atoms with Gasteiger partial charge in [-0.2, -0.15) is 11.8 Å². The molecule has 0 spiro atoms. The summed E-state index contributed by atoms with van der Waals surface area (Å²) >= 11 is 4.82. The van der Waals surface area contributed by atoms with Crippen molar-refractivity contribution >= 4 is 37.7 Å². The molecule has 0 aromatic heterocycles. The smallest absolute Gasteiger partial charge is 0.207 e. The third-order valence-electron chi connectivity index (χ3n) is 2.67. The summed E-state index contributed by atoms with van der Waals surface area (Å²) in [6.45, 7) is 0.